The molecule has 0 atom stereocenters. The quantitative estimate of drug-likeness (QED) is 0.174. The minimum Gasteiger partial charge on any atom is -0.309 e. The number of halogens is 1. The van der Waals surface area contributed by atoms with Crippen LogP contribution in [0.25, 0.3) is 110 Å². The molecule has 14 aromatic carbocycles. The van der Waals surface area contributed by atoms with Gasteiger partial charge in [-0.3, -0.25) is 0 Å². The van der Waals surface area contributed by atoms with Crippen molar-refractivity contribution in [1.82, 2.24) is 9.13 Å². The van der Waals surface area contributed by atoms with Gasteiger partial charge in [-0.15, -0.1) is 0 Å². The number of nitrogens with zero attached hydrogens (tertiary/aromatic N) is 2. The van der Waals surface area contributed by atoms with Crippen LogP contribution in [0.5, 0.6) is 0 Å². The summed E-state index contributed by atoms with van der Waals surface area (Å²) >= 11 is 3.78. The molecule has 16 aromatic rings. The average Bonchev–Trinajstić information content (AvgIpc) is 1.58. The summed E-state index contributed by atoms with van der Waals surface area (Å²) in [5.74, 6) is -0.261. The number of aromatic nitrogens is 2. The van der Waals surface area contributed by atoms with Crippen molar-refractivity contribution in [2.45, 2.75) is 30.4 Å². The van der Waals surface area contributed by atoms with Crippen molar-refractivity contribution >= 4 is 88.7 Å². The van der Waals surface area contributed by atoms with Gasteiger partial charge in [0.15, 0.2) is 0 Å². The first-order valence-corrected chi connectivity index (χ1v) is 31.5. The Labute approximate surface area is 509 Å². The molecule has 0 N–H and O–H groups in total. The summed E-state index contributed by atoms with van der Waals surface area (Å²) in [4.78, 5) is 5.07. The minimum absolute atomic E-state index is 0.261. The van der Waals surface area contributed by atoms with E-state index in [9.17, 15) is 0 Å². The van der Waals surface area contributed by atoms with Gasteiger partial charge in [0.05, 0.1) is 32.9 Å². The maximum Gasteiger partial charge on any atom is 0.123 e. The molecule has 87 heavy (non-hydrogen) atoms. The highest BCUT2D eigenvalue weighted by Crippen LogP contribution is 2.65. The molecule has 0 unspecified atom stereocenters. The lowest BCUT2D eigenvalue weighted by atomic mass is 9.67. The van der Waals surface area contributed by atoms with Gasteiger partial charge in [-0.2, -0.15) is 0 Å². The van der Waals surface area contributed by atoms with Crippen LogP contribution in [0.15, 0.2) is 305 Å². The Morgan fingerprint density at radius 3 is 1.25 bits per heavy atom. The second kappa shape index (κ2) is 17.5. The molecule has 0 bridgehead atoms. The van der Waals surface area contributed by atoms with Crippen LogP contribution in [0.2, 0.25) is 0 Å². The zero-order valence-corrected chi connectivity index (χ0v) is 48.4. The average molecular weight is 1140 g/mol. The van der Waals surface area contributed by atoms with Crippen LogP contribution in [-0.2, 0) is 10.8 Å². The molecular weight excluding hydrogens is 1100 g/mol. The number of rotatable bonds is 3. The van der Waals surface area contributed by atoms with Crippen LogP contribution in [0.1, 0.15) is 44.5 Å². The first-order valence-electron chi connectivity index (χ1n) is 29.9. The Hall–Kier alpha value is -10.2. The number of hydrogen-bond acceptors (Lipinski definition) is 2. The summed E-state index contributed by atoms with van der Waals surface area (Å²) in [6, 6.07) is 106. The molecule has 4 heterocycles. The van der Waals surface area contributed by atoms with Crippen LogP contribution in [0.4, 0.5) is 4.39 Å². The van der Waals surface area contributed by atoms with Gasteiger partial charge in [-0.1, -0.05) is 230 Å². The maximum atomic E-state index is 15.2. The molecule has 0 radical (unpaired) electrons. The first kappa shape index (κ1) is 48.1. The molecule has 0 saturated carbocycles. The van der Waals surface area contributed by atoms with E-state index in [0.717, 1.165) is 49.7 Å². The van der Waals surface area contributed by atoms with Crippen LogP contribution in [0.3, 0.4) is 0 Å². The van der Waals surface area contributed by atoms with E-state index in [4.69, 9.17) is 0 Å². The van der Waals surface area contributed by atoms with Crippen LogP contribution in [-0.4, -0.2) is 9.13 Å². The lowest BCUT2D eigenvalue weighted by Gasteiger charge is -2.39. The van der Waals surface area contributed by atoms with E-state index in [0.29, 0.717) is 0 Å². The van der Waals surface area contributed by atoms with Crippen molar-refractivity contribution in [3.05, 3.63) is 335 Å². The summed E-state index contributed by atoms with van der Waals surface area (Å²) in [6.45, 7) is 0. The zero-order valence-electron chi connectivity index (χ0n) is 46.7. The topological polar surface area (TPSA) is 9.86 Å². The fourth-order valence-corrected chi connectivity index (χ4v) is 18.9. The monoisotopic (exact) mass is 1140 g/mol. The fourth-order valence-electron chi connectivity index (χ4n) is 16.5. The second-order valence-corrected chi connectivity index (χ2v) is 26.0. The number of fused-ring (bicyclic) bond motifs is 28. The van der Waals surface area contributed by atoms with E-state index >= 15 is 4.39 Å². The number of benzene rings is 14. The van der Waals surface area contributed by atoms with Gasteiger partial charge in [-0.05, 0) is 168 Å². The molecule has 2 aliphatic heterocycles. The second-order valence-electron chi connectivity index (χ2n) is 23.9. The van der Waals surface area contributed by atoms with E-state index in [1.165, 1.54) is 124 Å². The molecule has 0 amide bonds. The van der Waals surface area contributed by atoms with E-state index in [2.05, 4.69) is 270 Å². The Bertz CT molecular complexity index is 5640. The molecular formula is C82H47FN2S2. The van der Waals surface area contributed by atoms with E-state index in [1.54, 1.807) is 12.1 Å². The summed E-state index contributed by atoms with van der Waals surface area (Å²) in [5, 5.41) is 9.49. The van der Waals surface area contributed by atoms with Crippen molar-refractivity contribution in [2.75, 3.05) is 0 Å². The SMILES string of the molecule is Fc1ccc(-n2c3cc4c(cc3c3c(-c5ccc(-n6c7cc8c(cc7c7ccc9ccccc9c76)Sc6ccccc6C86c7ccccc7-c7ccccc76)cc5)cc5ccccc5c32)Sc2ccccc2C42c3ccccc3-c3ccccc32)cc1. The standard InChI is InChI=1S/C82H47FN2S2/c83-51-36-40-53(41-37-51)85-73-47-71-77(87-75-32-16-14-30-69(75)82(71)66-27-11-7-23-58(66)59-24-8-12-28-67(59)82)45-63(73)78-61(43-50-18-2-4-20-55(50)80(78)85)49-33-38-52(39-34-49)84-72-46-70-76(44-62(72)60-42-35-48-17-1-3-19-54(48)79(60)84)86-74-31-15-13-29-68(74)81(70)64-25-9-5-21-56(64)57-22-6-10-26-65(57)81/h1-47H. The van der Waals surface area contributed by atoms with Gasteiger partial charge in [0.1, 0.15) is 5.82 Å². The molecule has 0 saturated heterocycles. The predicted octanol–water partition coefficient (Wildman–Crippen LogP) is 21.6. The van der Waals surface area contributed by atoms with E-state index < -0.39 is 10.8 Å². The molecule has 2 nitrogen and oxygen atoms in total. The molecule has 5 heteroatoms. The molecule has 2 aliphatic carbocycles. The molecule has 4 aliphatic rings. The Kier molecular flexibility index (Phi) is 9.67. The van der Waals surface area contributed by atoms with Gasteiger partial charge in [-0.25, -0.2) is 4.39 Å². The molecule has 2 spiro atoms. The predicted molar refractivity (Wildman–Crippen MR) is 358 cm³/mol. The lowest BCUT2D eigenvalue weighted by molar-refractivity contribution is 0.627. The molecule has 20 rings (SSSR count). The number of hydrogen-bond donors (Lipinski definition) is 0. The van der Waals surface area contributed by atoms with Crippen molar-refractivity contribution < 1.29 is 4.39 Å². The summed E-state index contributed by atoms with van der Waals surface area (Å²) in [6.07, 6.45) is 0. The Morgan fingerprint density at radius 2 is 0.701 bits per heavy atom. The van der Waals surface area contributed by atoms with Crippen LogP contribution >= 0.6 is 23.5 Å². The maximum absolute atomic E-state index is 15.2. The Balaban J connectivity index is 0.854. The van der Waals surface area contributed by atoms with E-state index in [1.807, 2.05) is 35.7 Å². The third kappa shape index (κ3) is 6.17. The highest BCUT2D eigenvalue weighted by Gasteiger charge is 2.52. The van der Waals surface area contributed by atoms with Crippen molar-refractivity contribution in [3.63, 3.8) is 0 Å². The summed E-state index contributed by atoms with van der Waals surface area (Å²) < 4.78 is 20.2. The third-order valence-electron chi connectivity index (χ3n) is 19.9. The normalized spacial score (nSPS) is 14.4. The summed E-state index contributed by atoms with van der Waals surface area (Å²) in [7, 11) is 0. The van der Waals surface area contributed by atoms with E-state index in [-0.39, 0.29) is 5.82 Å². The van der Waals surface area contributed by atoms with Gasteiger partial charge in [0.2, 0.25) is 0 Å². The fraction of sp³-hybridized carbons (Fsp3) is 0.0244. The molecule has 404 valence electrons. The lowest BCUT2D eigenvalue weighted by Crippen LogP contribution is -2.32. The smallest absolute Gasteiger partial charge is 0.123 e. The highest BCUT2D eigenvalue weighted by molar-refractivity contribution is 7.99. The van der Waals surface area contributed by atoms with Gasteiger partial charge in [0.25, 0.3) is 0 Å². The largest absolute Gasteiger partial charge is 0.309 e. The summed E-state index contributed by atoms with van der Waals surface area (Å²) in [5.41, 5.74) is 23.3. The first-order chi connectivity index (χ1) is 43.1. The van der Waals surface area contributed by atoms with Crippen molar-refractivity contribution in [1.29, 1.82) is 0 Å². The van der Waals surface area contributed by atoms with Crippen molar-refractivity contribution in [2.24, 2.45) is 0 Å². The third-order valence-corrected chi connectivity index (χ3v) is 22.1. The van der Waals surface area contributed by atoms with Gasteiger partial charge >= 0.3 is 0 Å². The van der Waals surface area contributed by atoms with Crippen molar-refractivity contribution in [3.8, 4) is 44.8 Å². The molecule has 2 aromatic heterocycles. The molecule has 0 fully saturated rings. The zero-order chi connectivity index (χ0) is 56.9. The van der Waals surface area contributed by atoms with Crippen LogP contribution < -0.4 is 0 Å². The van der Waals surface area contributed by atoms with Gasteiger partial charge < -0.3 is 9.13 Å². The van der Waals surface area contributed by atoms with Gasteiger partial charge in [0, 0.05) is 63.3 Å². The Morgan fingerprint density at radius 1 is 0.276 bits per heavy atom. The highest BCUT2D eigenvalue weighted by atomic mass is 32.2. The minimum atomic E-state index is -0.573. The van der Waals surface area contributed by atoms with Crippen LogP contribution in [0, 0.1) is 5.82 Å².